The fourth-order valence-corrected chi connectivity index (χ4v) is 5.38. The van der Waals surface area contributed by atoms with Crippen LogP contribution < -0.4 is 5.73 Å². The van der Waals surface area contributed by atoms with E-state index in [1.54, 1.807) is 0 Å². The first kappa shape index (κ1) is 15.8. The minimum atomic E-state index is 0.220. The van der Waals surface area contributed by atoms with Crippen LogP contribution in [0, 0.1) is 17.8 Å². The molecule has 2 heteroatoms. The quantitative estimate of drug-likeness (QED) is 0.821. The van der Waals surface area contributed by atoms with Gasteiger partial charge in [0.05, 0.1) is 5.60 Å². The van der Waals surface area contributed by atoms with Crippen molar-refractivity contribution in [2.75, 3.05) is 6.61 Å². The van der Waals surface area contributed by atoms with Crippen LogP contribution in [-0.2, 0) is 4.74 Å². The standard InChI is InChI=1S/C19H35NO/c1-2-15-7-6-8-16(13-15)18(20)17-9-12-21-19(14-17)10-4-3-5-11-19/h15-18H,2-14,20H2,1H3. The van der Waals surface area contributed by atoms with E-state index in [1.165, 1.54) is 77.0 Å². The van der Waals surface area contributed by atoms with Gasteiger partial charge in [-0.1, -0.05) is 45.4 Å². The van der Waals surface area contributed by atoms with Crippen molar-refractivity contribution < 1.29 is 4.74 Å². The average Bonchev–Trinajstić information content (AvgIpc) is 2.55. The van der Waals surface area contributed by atoms with Crippen molar-refractivity contribution in [2.24, 2.45) is 23.5 Å². The predicted molar refractivity (Wildman–Crippen MR) is 88.2 cm³/mol. The first-order chi connectivity index (χ1) is 10.2. The Hall–Kier alpha value is -0.0800. The summed E-state index contributed by atoms with van der Waals surface area (Å²) in [6, 6.07) is 0.432. The molecule has 21 heavy (non-hydrogen) atoms. The first-order valence-electron chi connectivity index (χ1n) is 9.62. The van der Waals surface area contributed by atoms with Gasteiger partial charge in [0.2, 0.25) is 0 Å². The number of hydrogen-bond acceptors (Lipinski definition) is 2. The Kier molecular flexibility index (Phi) is 5.27. The number of rotatable bonds is 3. The SMILES string of the molecule is CCC1CCCC(C(N)C2CCOC3(CCCCC3)C2)C1. The molecule has 2 N–H and O–H groups in total. The highest BCUT2D eigenvalue weighted by molar-refractivity contribution is 4.94. The molecule has 0 aromatic carbocycles. The molecule has 122 valence electrons. The lowest BCUT2D eigenvalue weighted by Crippen LogP contribution is -2.49. The maximum atomic E-state index is 6.77. The molecule has 1 aliphatic heterocycles. The zero-order valence-electron chi connectivity index (χ0n) is 14.0. The molecule has 0 radical (unpaired) electrons. The maximum absolute atomic E-state index is 6.77. The highest BCUT2D eigenvalue weighted by atomic mass is 16.5. The zero-order valence-corrected chi connectivity index (χ0v) is 14.0. The lowest BCUT2D eigenvalue weighted by atomic mass is 9.68. The average molecular weight is 293 g/mol. The smallest absolute Gasteiger partial charge is 0.0685 e. The Morgan fingerprint density at radius 3 is 2.62 bits per heavy atom. The van der Waals surface area contributed by atoms with E-state index in [2.05, 4.69) is 6.92 Å². The molecule has 0 aromatic rings. The molecular formula is C19H35NO. The molecule has 0 aromatic heterocycles. The normalized spacial score (nSPS) is 38.3. The molecule has 2 aliphatic carbocycles. The molecule has 3 aliphatic rings. The molecule has 1 spiro atoms. The molecule has 1 saturated heterocycles. The zero-order chi connectivity index (χ0) is 14.7. The van der Waals surface area contributed by atoms with Gasteiger partial charge in [-0.15, -0.1) is 0 Å². The monoisotopic (exact) mass is 293 g/mol. The summed E-state index contributed by atoms with van der Waals surface area (Å²) in [5.74, 6) is 2.45. The minimum Gasteiger partial charge on any atom is -0.375 e. The lowest BCUT2D eigenvalue weighted by molar-refractivity contribution is -0.123. The van der Waals surface area contributed by atoms with Crippen molar-refractivity contribution in [3.8, 4) is 0 Å². The van der Waals surface area contributed by atoms with Crippen LogP contribution in [0.3, 0.4) is 0 Å². The summed E-state index contributed by atoms with van der Waals surface area (Å²) in [6.07, 6.45) is 16.1. The van der Waals surface area contributed by atoms with E-state index in [-0.39, 0.29) is 5.60 Å². The highest BCUT2D eigenvalue weighted by Gasteiger charge is 2.41. The third-order valence-electron chi connectivity index (χ3n) is 6.79. The summed E-state index contributed by atoms with van der Waals surface area (Å²) in [5, 5.41) is 0. The number of ether oxygens (including phenoxy) is 1. The van der Waals surface area contributed by atoms with Crippen LogP contribution in [0.4, 0.5) is 0 Å². The topological polar surface area (TPSA) is 35.2 Å². The molecule has 3 rings (SSSR count). The maximum Gasteiger partial charge on any atom is 0.0685 e. The van der Waals surface area contributed by atoms with Crippen LogP contribution in [0.2, 0.25) is 0 Å². The van der Waals surface area contributed by atoms with Gasteiger partial charge >= 0.3 is 0 Å². The Morgan fingerprint density at radius 2 is 1.86 bits per heavy atom. The van der Waals surface area contributed by atoms with Gasteiger partial charge in [-0.25, -0.2) is 0 Å². The summed E-state index contributed by atoms with van der Waals surface area (Å²) in [6.45, 7) is 3.31. The highest BCUT2D eigenvalue weighted by Crippen LogP contribution is 2.44. The minimum absolute atomic E-state index is 0.220. The van der Waals surface area contributed by atoms with E-state index in [0.717, 1.165) is 24.4 Å². The number of hydrogen-bond donors (Lipinski definition) is 1. The van der Waals surface area contributed by atoms with E-state index in [0.29, 0.717) is 6.04 Å². The number of nitrogens with two attached hydrogens (primary N) is 1. The van der Waals surface area contributed by atoms with Crippen molar-refractivity contribution in [1.29, 1.82) is 0 Å². The van der Waals surface area contributed by atoms with Crippen molar-refractivity contribution in [3.05, 3.63) is 0 Å². The van der Waals surface area contributed by atoms with E-state index >= 15 is 0 Å². The molecule has 2 saturated carbocycles. The first-order valence-corrected chi connectivity index (χ1v) is 9.62. The van der Waals surface area contributed by atoms with Crippen molar-refractivity contribution in [2.45, 2.75) is 95.6 Å². The van der Waals surface area contributed by atoms with E-state index in [9.17, 15) is 0 Å². The molecule has 4 unspecified atom stereocenters. The fraction of sp³-hybridized carbons (Fsp3) is 1.00. The Labute approximate surface area is 131 Å². The third kappa shape index (κ3) is 3.64. The second-order valence-electron chi connectivity index (χ2n) is 8.12. The molecule has 1 heterocycles. The van der Waals surface area contributed by atoms with E-state index in [4.69, 9.17) is 10.5 Å². The van der Waals surface area contributed by atoms with E-state index < -0.39 is 0 Å². The summed E-state index contributed by atoms with van der Waals surface area (Å²) in [7, 11) is 0. The van der Waals surface area contributed by atoms with Crippen molar-refractivity contribution >= 4 is 0 Å². The van der Waals surface area contributed by atoms with Crippen LogP contribution in [0.15, 0.2) is 0 Å². The fourth-order valence-electron chi connectivity index (χ4n) is 5.38. The van der Waals surface area contributed by atoms with Gasteiger partial charge in [0.25, 0.3) is 0 Å². The molecule has 2 nitrogen and oxygen atoms in total. The van der Waals surface area contributed by atoms with Gasteiger partial charge in [-0.05, 0) is 56.3 Å². The third-order valence-corrected chi connectivity index (χ3v) is 6.79. The van der Waals surface area contributed by atoms with Gasteiger partial charge in [-0.3, -0.25) is 0 Å². The van der Waals surface area contributed by atoms with E-state index in [1.807, 2.05) is 0 Å². The summed E-state index contributed by atoms with van der Waals surface area (Å²) < 4.78 is 6.26. The molecule has 3 fully saturated rings. The van der Waals surface area contributed by atoms with Gasteiger partial charge in [0, 0.05) is 12.6 Å². The van der Waals surface area contributed by atoms with Gasteiger partial charge < -0.3 is 10.5 Å². The second-order valence-corrected chi connectivity index (χ2v) is 8.12. The Morgan fingerprint density at radius 1 is 1.05 bits per heavy atom. The largest absolute Gasteiger partial charge is 0.375 e. The van der Waals surface area contributed by atoms with Gasteiger partial charge in [0.15, 0.2) is 0 Å². The Balaban J connectivity index is 1.59. The van der Waals surface area contributed by atoms with Gasteiger partial charge in [-0.2, -0.15) is 0 Å². The second kappa shape index (κ2) is 7.00. The predicted octanol–water partition coefficient (Wildman–Crippen LogP) is 4.66. The summed E-state index contributed by atoms with van der Waals surface area (Å²) >= 11 is 0. The molecule has 0 amide bonds. The van der Waals surface area contributed by atoms with Crippen LogP contribution >= 0.6 is 0 Å². The van der Waals surface area contributed by atoms with Crippen molar-refractivity contribution in [1.82, 2.24) is 0 Å². The molecule has 4 atom stereocenters. The molecule has 0 bridgehead atoms. The summed E-state index contributed by atoms with van der Waals surface area (Å²) in [5.41, 5.74) is 6.99. The van der Waals surface area contributed by atoms with Crippen LogP contribution in [0.25, 0.3) is 0 Å². The van der Waals surface area contributed by atoms with Crippen LogP contribution in [-0.4, -0.2) is 18.2 Å². The Bertz CT molecular complexity index is 318. The molecular weight excluding hydrogens is 258 g/mol. The van der Waals surface area contributed by atoms with Gasteiger partial charge in [0.1, 0.15) is 0 Å². The van der Waals surface area contributed by atoms with Crippen LogP contribution in [0.5, 0.6) is 0 Å². The van der Waals surface area contributed by atoms with Crippen molar-refractivity contribution in [3.63, 3.8) is 0 Å². The lowest BCUT2D eigenvalue weighted by Gasteiger charge is -2.47. The van der Waals surface area contributed by atoms with Crippen LogP contribution in [0.1, 0.15) is 84.0 Å². The summed E-state index contributed by atoms with van der Waals surface area (Å²) in [4.78, 5) is 0.